The van der Waals surface area contributed by atoms with E-state index in [9.17, 15) is 4.79 Å². The molecule has 0 aliphatic carbocycles. The first-order valence-corrected chi connectivity index (χ1v) is 6.90. The average molecular weight is 344 g/mol. The molecule has 3 aromatic rings. The molecule has 21 heavy (non-hydrogen) atoms. The summed E-state index contributed by atoms with van der Waals surface area (Å²) in [7, 11) is 0. The van der Waals surface area contributed by atoms with Gasteiger partial charge in [0.25, 0.3) is 5.91 Å². The SMILES string of the molecule is O=C(Nc1ccc(-n2cncn2)cc1)c1cccnc1Br. The Hall–Kier alpha value is -2.54. The second kappa shape index (κ2) is 5.84. The topological polar surface area (TPSA) is 72.7 Å². The van der Waals surface area contributed by atoms with Crippen LogP contribution in [0.3, 0.4) is 0 Å². The van der Waals surface area contributed by atoms with Gasteiger partial charge in [0.05, 0.1) is 11.3 Å². The largest absolute Gasteiger partial charge is 0.322 e. The van der Waals surface area contributed by atoms with Crippen LogP contribution in [0.25, 0.3) is 5.69 Å². The lowest BCUT2D eigenvalue weighted by molar-refractivity contribution is 0.102. The lowest BCUT2D eigenvalue weighted by atomic mass is 10.2. The van der Waals surface area contributed by atoms with E-state index in [0.717, 1.165) is 5.69 Å². The Labute approximate surface area is 129 Å². The quantitative estimate of drug-likeness (QED) is 0.742. The van der Waals surface area contributed by atoms with E-state index in [-0.39, 0.29) is 5.91 Å². The number of nitrogens with zero attached hydrogens (tertiary/aromatic N) is 4. The van der Waals surface area contributed by atoms with Gasteiger partial charge in [-0.15, -0.1) is 0 Å². The number of anilines is 1. The molecular formula is C14H10BrN5O. The minimum absolute atomic E-state index is 0.219. The summed E-state index contributed by atoms with van der Waals surface area (Å²) in [5, 5.41) is 6.86. The fourth-order valence-electron chi connectivity index (χ4n) is 1.79. The Morgan fingerprint density at radius 3 is 2.67 bits per heavy atom. The van der Waals surface area contributed by atoms with Gasteiger partial charge in [-0.05, 0) is 52.3 Å². The van der Waals surface area contributed by atoms with Crippen molar-refractivity contribution in [3.8, 4) is 5.69 Å². The number of rotatable bonds is 3. The zero-order chi connectivity index (χ0) is 14.7. The molecule has 0 aliphatic heterocycles. The summed E-state index contributed by atoms with van der Waals surface area (Å²) in [4.78, 5) is 20.1. The first-order chi connectivity index (χ1) is 10.2. The lowest BCUT2D eigenvalue weighted by Gasteiger charge is -2.07. The molecule has 0 saturated carbocycles. The highest BCUT2D eigenvalue weighted by Crippen LogP contribution is 2.16. The summed E-state index contributed by atoms with van der Waals surface area (Å²) in [5.74, 6) is -0.219. The number of benzene rings is 1. The van der Waals surface area contributed by atoms with Crippen LogP contribution < -0.4 is 5.32 Å². The number of hydrogen-bond acceptors (Lipinski definition) is 4. The van der Waals surface area contributed by atoms with Crippen molar-refractivity contribution in [3.63, 3.8) is 0 Å². The van der Waals surface area contributed by atoms with Gasteiger partial charge >= 0.3 is 0 Å². The highest BCUT2D eigenvalue weighted by molar-refractivity contribution is 9.10. The van der Waals surface area contributed by atoms with Gasteiger partial charge in [0, 0.05) is 11.9 Å². The number of aromatic nitrogens is 4. The normalized spacial score (nSPS) is 10.3. The lowest BCUT2D eigenvalue weighted by Crippen LogP contribution is -2.13. The second-order valence-corrected chi connectivity index (χ2v) is 4.93. The summed E-state index contributed by atoms with van der Waals surface area (Å²) in [6.45, 7) is 0. The predicted molar refractivity (Wildman–Crippen MR) is 81.2 cm³/mol. The van der Waals surface area contributed by atoms with Crippen LogP contribution in [0, 0.1) is 0 Å². The number of carbonyl (C=O) groups is 1. The summed E-state index contributed by atoms with van der Waals surface area (Å²) >= 11 is 3.26. The van der Waals surface area contributed by atoms with Crippen LogP contribution in [0.2, 0.25) is 0 Å². The van der Waals surface area contributed by atoms with E-state index in [0.29, 0.717) is 15.9 Å². The highest BCUT2D eigenvalue weighted by Gasteiger charge is 2.10. The Bertz CT molecular complexity index is 755. The van der Waals surface area contributed by atoms with Crippen LogP contribution in [0.15, 0.2) is 59.9 Å². The van der Waals surface area contributed by atoms with E-state index < -0.39 is 0 Å². The molecule has 0 aliphatic rings. The summed E-state index contributed by atoms with van der Waals surface area (Å²) < 4.78 is 2.16. The monoisotopic (exact) mass is 343 g/mol. The zero-order valence-electron chi connectivity index (χ0n) is 10.8. The van der Waals surface area contributed by atoms with Gasteiger partial charge in [-0.1, -0.05) is 0 Å². The molecule has 0 bridgehead atoms. The third kappa shape index (κ3) is 2.97. The van der Waals surface area contributed by atoms with E-state index in [2.05, 4.69) is 36.3 Å². The summed E-state index contributed by atoms with van der Waals surface area (Å²) in [6.07, 6.45) is 4.70. The van der Waals surface area contributed by atoms with E-state index >= 15 is 0 Å². The minimum atomic E-state index is -0.219. The first kappa shape index (κ1) is 13.4. The molecule has 6 nitrogen and oxygen atoms in total. The standard InChI is InChI=1S/C14H10BrN5O/c15-13-12(2-1-7-17-13)14(21)19-10-3-5-11(6-4-10)20-9-16-8-18-20/h1-9H,(H,19,21). The van der Waals surface area contributed by atoms with Gasteiger partial charge in [0.1, 0.15) is 17.3 Å². The molecule has 0 atom stereocenters. The number of halogens is 1. The van der Waals surface area contributed by atoms with Crippen molar-refractivity contribution in [2.45, 2.75) is 0 Å². The van der Waals surface area contributed by atoms with Gasteiger partial charge in [-0.25, -0.2) is 14.6 Å². The third-order valence-electron chi connectivity index (χ3n) is 2.81. The Balaban J connectivity index is 1.77. The maximum Gasteiger partial charge on any atom is 0.258 e. The third-order valence-corrected chi connectivity index (χ3v) is 3.44. The van der Waals surface area contributed by atoms with Crippen molar-refractivity contribution in [2.75, 3.05) is 5.32 Å². The van der Waals surface area contributed by atoms with Crippen LogP contribution in [-0.2, 0) is 0 Å². The number of nitrogens with one attached hydrogen (secondary N) is 1. The molecule has 0 fully saturated rings. The van der Waals surface area contributed by atoms with Crippen LogP contribution in [-0.4, -0.2) is 25.7 Å². The van der Waals surface area contributed by atoms with Crippen molar-refractivity contribution in [1.29, 1.82) is 0 Å². The number of amides is 1. The Morgan fingerprint density at radius 2 is 2.00 bits per heavy atom. The molecule has 0 radical (unpaired) electrons. The van der Waals surface area contributed by atoms with E-state index in [1.165, 1.54) is 6.33 Å². The van der Waals surface area contributed by atoms with Crippen LogP contribution in [0.4, 0.5) is 5.69 Å². The molecule has 1 N–H and O–H groups in total. The first-order valence-electron chi connectivity index (χ1n) is 6.11. The zero-order valence-corrected chi connectivity index (χ0v) is 12.4. The van der Waals surface area contributed by atoms with Crippen LogP contribution in [0.5, 0.6) is 0 Å². The van der Waals surface area contributed by atoms with Crippen LogP contribution in [0.1, 0.15) is 10.4 Å². The van der Waals surface area contributed by atoms with Crippen LogP contribution >= 0.6 is 15.9 Å². The maximum absolute atomic E-state index is 12.1. The molecule has 104 valence electrons. The minimum Gasteiger partial charge on any atom is -0.322 e. The Kier molecular flexibility index (Phi) is 3.74. The van der Waals surface area contributed by atoms with E-state index in [4.69, 9.17) is 0 Å². The number of pyridine rings is 1. The van der Waals surface area contributed by atoms with E-state index in [1.54, 1.807) is 41.5 Å². The van der Waals surface area contributed by atoms with Gasteiger partial charge in [-0.2, -0.15) is 5.10 Å². The van der Waals surface area contributed by atoms with Gasteiger partial charge < -0.3 is 5.32 Å². The summed E-state index contributed by atoms with van der Waals surface area (Å²) in [6, 6.07) is 10.7. The number of carbonyl (C=O) groups excluding carboxylic acids is 1. The highest BCUT2D eigenvalue weighted by atomic mass is 79.9. The molecule has 0 unspecified atom stereocenters. The molecule has 2 heterocycles. The molecule has 0 spiro atoms. The van der Waals surface area contributed by atoms with Crippen molar-refractivity contribution in [1.82, 2.24) is 19.7 Å². The molecular weight excluding hydrogens is 334 g/mol. The fourth-order valence-corrected chi connectivity index (χ4v) is 2.22. The number of hydrogen-bond donors (Lipinski definition) is 1. The van der Waals surface area contributed by atoms with E-state index in [1.807, 2.05) is 12.1 Å². The van der Waals surface area contributed by atoms with Crippen molar-refractivity contribution in [3.05, 3.63) is 65.4 Å². The summed E-state index contributed by atoms with van der Waals surface area (Å²) in [5.41, 5.74) is 2.05. The molecule has 2 aromatic heterocycles. The maximum atomic E-state index is 12.1. The van der Waals surface area contributed by atoms with Gasteiger partial charge in [-0.3, -0.25) is 4.79 Å². The average Bonchev–Trinajstić information content (AvgIpc) is 3.02. The Morgan fingerprint density at radius 1 is 1.19 bits per heavy atom. The van der Waals surface area contributed by atoms with Crippen molar-refractivity contribution >= 4 is 27.5 Å². The van der Waals surface area contributed by atoms with Crippen molar-refractivity contribution in [2.24, 2.45) is 0 Å². The van der Waals surface area contributed by atoms with Gasteiger partial charge in [0.2, 0.25) is 0 Å². The second-order valence-electron chi connectivity index (χ2n) is 4.18. The van der Waals surface area contributed by atoms with Crippen molar-refractivity contribution < 1.29 is 4.79 Å². The predicted octanol–water partition coefficient (Wildman–Crippen LogP) is 2.68. The molecule has 1 aromatic carbocycles. The smallest absolute Gasteiger partial charge is 0.258 e. The molecule has 3 rings (SSSR count). The van der Waals surface area contributed by atoms with Gasteiger partial charge in [0.15, 0.2) is 0 Å². The molecule has 1 amide bonds. The molecule has 7 heteroatoms. The molecule has 0 saturated heterocycles. The fraction of sp³-hybridized carbons (Fsp3) is 0.